The minimum Gasteiger partial charge on any atom is -0.267 e. The lowest BCUT2D eigenvalue weighted by molar-refractivity contribution is -0.137. The Hall–Kier alpha value is -2.75. The number of benzene rings is 1. The van der Waals surface area contributed by atoms with Crippen molar-refractivity contribution in [3.8, 4) is 5.82 Å². The Morgan fingerprint density at radius 1 is 1.14 bits per heavy atom. The molecule has 0 aliphatic heterocycles. The Balaban J connectivity index is 2.33. The molecule has 0 radical (unpaired) electrons. The third-order valence-corrected chi connectivity index (χ3v) is 6.28. The van der Waals surface area contributed by atoms with Gasteiger partial charge in [0.25, 0.3) is 5.56 Å². The third-order valence-electron chi connectivity index (χ3n) is 4.55. The summed E-state index contributed by atoms with van der Waals surface area (Å²) in [6, 6.07) is 4.16. The van der Waals surface area contributed by atoms with Gasteiger partial charge in [-0.3, -0.25) is 4.79 Å². The van der Waals surface area contributed by atoms with E-state index in [9.17, 15) is 26.4 Å². The summed E-state index contributed by atoms with van der Waals surface area (Å²) in [5.41, 5.74) is -1.22. The highest BCUT2D eigenvalue weighted by Crippen LogP contribution is 2.31. The Labute approximate surface area is 164 Å². The van der Waals surface area contributed by atoms with Crippen LogP contribution in [0, 0.1) is 0 Å². The first kappa shape index (κ1) is 21.0. The lowest BCUT2D eigenvalue weighted by Gasteiger charge is -2.14. The Morgan fingerprint density at radius 3 is 2.41 bits per heavy atom. The molecule has 0 atom stereocenters. The number of nitrogens with zero attached hydrogens (tertiary/aromatic N) is 3. The first-order valence-electron chi connectivity index (χ1n) is 8.78. The summed E-state index contributed by atoms with van der Waals surface area (Å²) >= 11 is 0. The summed E-state index contributed by atoms with van der Waals surface area (Å²) in [6.07, 6.45) is -1.99. The summed E-state index contributed by atoms with van der Waals surface area (Å²) in [6.45, 7) is 5.17. The molecule has 2 heterocycles. The molecule has 0 spiro atoms. The fourth-order valence-electron chi connectivity index (χ4n) is 2.78. The van der Waals surface area contributed by atoms with Gasteiger partial charge in [0.05, 0.1) is 22.9 Å². The number of alkyl halides is 3. The van der Waals surface area contributed by atoms with Crippen LogP contribution < -0.4 is 5.56 Å². The topological polar surface area (TPSA) is 81.9 Å². The SMILES string of the molecule is CCS(=O)(=O)c1cc(C(C)C)cnc1-n1ncc2ccc(C(F)(F)F)cc2c1=O. The van der Waals surface area contributed by atoms with E-state index in [0.717, 1.165) is 22.9 Å². The molecule has 0 aliphatic carbocycles. The van der Waals surface area contributed by atoms with Crippen molar-refractivity contribution in [1.82, 2.24) is 14.8 Å². The van der Waals surface area contributed by atoms with E-state index in [4.69, 9.17) is 0 Å². The first-order valence-corrected chi connectivity index (χ1v) is 10.4. The molecule has 0 unspecified atom stereocenters. The molecule has 3 rings (SSSR count). The van der Waals surface area contributed by atoms with Crippen LogP contribution >= 0.6 is 0 Å². The summed E-state index contributed by atoms with van der Waals surface area (Å²) in [7, 11) is -3.78. The number of hydrogen-bond donors (Lipinski definition) is 0. The third kappa shape index (κ3) is 3.89. The quantitative estimate of drug-likeness (QED) is 0.636. The lowest BCUT2D eigenvalue weighted by atomic mass is 10.1. The van der Waals surface area contributed by atoms with Crippen molar-refractivity contribution >= 4 is 20.6 Å². The molecule has 0 amide bonds. The highest BCUT2D eigenvalue weighted by molar-refractivity contribution is 7.91. The molecule has 29 heavy (non-hydrogen) atoms. The van der Waals surface area contributed by atoms with Gasteiger partial charge in [-0.05, 0) is 29.7 Å². The van der Waals surface area contributed by atoms with Crippen molar-refractivity contribution in [2.24, 2.45) is 0 Å². The monoisotopic (exact) mass is 425 g/mol. The van der Waals surface area contributed by atoms with Gasteiger partial charge in [0, 0.05) is 11.6 Å². The van der Waals surface area contributed by atoms with Crippen molar-refractivity contribution < 1.29 is 21.6 Å². The summed E-state index contributed by atoms with van der Waals surface area (Å²) in [5.74, 6) is -0.484. The van der Waals surface area contributed by atoms with Gasteiger partial charge in [0.2, 0.25) is 0 Å². The maximum Gasteiger partial charge on any atom is 0.416 e. The van der Waals surface area contributed by atoms with Gasteiger partial charge in [-0.15, -0.1) is 0 Å². The van der Waals surface area contributed by atoms with Crippen LogP contribution in [0.2, 0.25) is 0 Å². The second kappa shape index (κ2) is 7.25. The number of aromatic nitrogens is 3. The van der Waals surface area contributed by atoms with Gasteiger partial charge in [0.15, 0.2) is 15.7 Å². The van der Waals surface area contributed by atoms with Crippen LogP contribution in [-0.2, 0) is 16.0 Å². The van der Waals surface area contributed by atoms with Crippen LogP contribution in [0.3, 0.4) is 0 Å². The Morgan fingerprint density at radius 2 is 1.83 bits per heavy atom. The zero-order chi connectivity index (χ0) is 21.6. The second-order valence-electron chi connectivity index (χ2n) is 6.81. The van der Waals surface area contributed by atoms with Crippen LogP contribution in [-0.4, -0.2) is 28.9 Å². The van der Waals surface area contributed by atoms with E-state index in [2.05, 4.69) is 10.1 Å². The predicted octanol–water partition coefficient (Wildman–Crippen LogP) is 3.72. The lowest BCUT2D eigenvalue weighted by Crippen LogP contribution is -2.25. The Bertz CT molecular complexity index is 1250. The van der Waals surface area contributed by atoms with Gasteiger partial charge >= 0.3 is 6.18 Å². The van der Waals surface area contributed by atoms with E-state index in [0.29, 0.717) is 5.56 Å². The van der Waals surface area contributed by atoms with Crippen molar-refractivity contribution in [3.63, 3.8) is 0 Å². The van der Waals surface area contributed by atoms with Gasteiger partial charge in [0.1, 0.15) is 4.90 Å². The molecule has 0 fully saturated rings. The highest BCUT2D eigenvalue weighted by Gasteiger charge is 2.31. The predicted molar refractivity (Wildman–Crippen MR) is 102 cm³/mol. The fraction of sp³-hybridized carbons (Fsp3) is 0.316. The van der Waals surface area contributed by atoms with Crippen molar-refractivity contribution in [2.75, 3.05) is 5.75 Å². The average Bonchev–Trinajstić information content (AvgIpc) is 2.67. The largest absolute Gasteiger partial charge is 0.416 e. The smallest absolute Gasteiger partial charge is 0.267 e. The number of halogens is 3. The molecule has 0 saturated carbocycles. The van der Waals surface area contributed by atoms with Crippen molar-refractivity contribution in [1.29, 1.82) is 0 Å². The fourth-order valence-corrected chi connectivity index (χ4v) is 3.82. The molecular formula is C19H18F3N3O3S. The minimum atomic E-state index is -4.62. The van der Waals surface area contributed by atoms with Crippen LogP contribution in [0.5, 0.6) is 0 Å². The van der Waals surface area contributed by atoms with Crippen LogP contribution in [0.15, 0.2) is 46.3 Å². The zero-order valence-electron chi connectivity index (χ0n) is 15.9. The van der Waals surface area contributed by atoms with E-state index in [-0.39, 0.29) is 33.2 Å². The van der Waals surface area contributed by atoms with Gasteiger partial charge in [-0.1, -0.05) is 26.8 Å². The van der Waals surface area contributed by atoms with Gasteiger partial charge in [-0.25, -0.2) is 13.4 Å². The minimum absolute atomic E-state index is 0.0158. The number of pyridine rings is 1. The molecule has 0 aliphatic rings. The molecule has 2 aromatic heterocycles. The van der Waals surface area contributed by atoms with Crippen LogP contribution in [0.4, 0.5) is 13.2 Å². The van der Waals surface area contributed by atoms with Gasteiger partial charge < -0.3 is 0 Å². The molecule has 1 aromatic carbocycles. The summed E-state index contributed by atoms with van der Waals surface area (Å²) in [5, 5.41) is 3.92. The summed E-state index contributed by atoms with van der Waals surface area (Å²) < 4.78 is 65.1. The Kier molecular flexibility index (Phi) is 5.24. The maximum absolute atomic E-state index is 13.0. The standard InChI is InChI=1S/C19H18F3N3O3S/c1-4-29(27,28)16-7-13(11(2)3)9-23-17(16)25-18(26)15-8-14(19(20,21)22)6-5-12(15)10-24-25/h5-11H,4H2,1-3H3. The maximum atomic E-state index is 13.0. The highest BCUT2D eigenvalue weighted by atomic mass is 32.2. The molecule has 154 valence electrons. The van der Waals surface area contributed by atoms with E-state index < -0.39 is 27.1 Å². The summed E-state index contributed by atoms with van der Waals surface area (Å²) in [4.78, 5) is 16.8. The van der Waals surface area contributed by atoms with E-state index >= 15 is 0 Å². The van der Waals surface area contributed by atoms with E-state index in [1.54, 1.807) is 0 Å². The van der Waals surface area contributed by atoms with E-state index in [1.807, 2.05) is 13.8 Å². The number of sulfone groups is 1. The van der Waals surface area contributed by atoms with E-state index in [1.165, 1.54) is 25.4 Å². The zero-order valence-corrected chi connectivity index (χ0v) is 16.7. The molecule has 6 nitrogen and oxygen atoms in total. The van der Waals surface area contributed by atoms with Crippen molar-refractivity contribution in [2.45, 2.75) is 37.8 Å². The van der Waals surface area contributed by atoms with Crippen molar-refractivity contribution in [3.05, 3.63) is 58.1 Å². The average molecular weight is 425 g/mol. The molecule has 0 bridgehead atoms. The molecule has 10 heteroatoms. The molecule has 0 N–H and O–H groups in total. The van der Waals surface area contributed by atoms with Crippen LogP contribution in [0.25, 0.3) is 16.6 Å². The molecular weight excluding hydrogens is 407 g/mol. The number of hydrogen-bond acceptors (Lipinski definition) is 5. The first-order chi connectivity index (χ1) is 13.5. The van der Waals surface area contributed by atoms with Crippen LogP contribution in [0.1, 0.15) is 37.8 Å². The van der Waals surface area contributed by atoms with Gasteiger partial charge in [-0.2, -0.15) is 23.0 Å². The normalized spacial score (nSPS) is 12.7. The molecule has 3 aromatic rings. The number of fused-ring (bicyclic) bond motifs is 1. The molecule has 0 saturated heterocycles. The number of rotatable bonds is 4. The second-order valence-corrected chi connectivity index (χ2v) is 9.06.